The molecule has 6 heteroatoms. The van der Waals surface area contributed by atoms with Crippen molar-refractivity contribution in [1.82, 2.24) is 24.6 Å². The molecule has 2 fully saturated rings. The second kappa shape index (κ2) is 5.18. The average Bonchev–Trinajstić information content (AvgIpc) is 3.29. The van der Waals surface area contributed by atoms with Gasteiger partial charge in [0.25, 0.3) is 5.91 Å². The highest BCUT2D eigenvalue weighted by Crippen LogP contribution is 2.55. The minimum absolute atomic E-state index is 0.118. The molecule has 0 bridgehead atoms. The maximum absolute atomic E-state index is 13.1. The summed E-state index contributed by atoms with van der Waals surface area (Å²) >= 11 is 0. The van der Waals surface area contributed by atoms with Crippen molar-refractivity contribution in [3.05, 3.63) is 48.2 Å². The maximum Gasteiger partial charge on any atom is 0.253 e. The molecule has 3 aromatic rings. The first-order chi connectivity index (χ1) is 12.2. The minimum Gasteiger partial charge on any atom is -0.361 e. The molecule has 1 saturated carbocycles. The molecule has 1 amide bonds. The third kappa shape index (κ3) is 2.13. The Labute approximate surface area is 145 Å². The Balaban J connectivity index is 1.46. The molecule has 6 nitrogen and oxygen atoms in total. The number of nitrogens with one attached hydrogen (secondary N) is 1. The monoisotopic (exact) mass is 335 g/mol. The highest BCUT2D eigenvalue weighted by Gasteiger charge is 2.53. The quantitative estimate of drug-likeness (QED) is 0.783. The van der Waals surface area contributed by atoms with Crippen LogP contribution in [0.15, 0.2) is 36.8 Å². The van der Waals surface area contributed by atoms with E-state index in [1.54, 1.807) is 6.33 Å². The summed E-state index contributed by atoms with van der Waals surface area (Å²) in [5, 5.41) is 9.53. The second-order valence-electron chi connectivity index (χ2n) is 7.53. The van der Waals surface area contributed by atoms with Gasteiger partial charge in [0.15, 0.2) is 0 Å². The van der Waals surface area contributed by atoms with Gasteiger partial charge in [0, 0.05) is 43.3 Å². The largest absolute Gasteiger partial charge is 0.361 e. The molecular weight excluding hydrogens is 314 g/mol. The normalized spacial score (nSPS) is 21.8. The van der Waals surface area contributed by atoms with Gasteiger partial charge in [-0.2, -0.15) is 0 Å². The molecule has 5 rings (SSSR count). The number of likely N-dealkylation sites (tertiary alicyclic amines) is 1. The molecule has 1 saturated heterocycles. The standard InChI is InChI=1S/C19H21N5O/c1-23-12-21-22-17(23)15-10-24(11-19(15)6-2-7-19)18(25)14-4-3-13-5-8-20-16(13)9-14/h3-5,8-9,12,15,20H,2,6-7,10-11H2,1H3. The lowest BCUT2D eigenvalue weighted by atomic mass is 9.62. The summed E-state index contributed by atoms with van der Waals surface area (Å²) < 4.78 is 2.00. The number of fused-ring (bicyclic) bond motifs is 1. The summed E-state index contributed by atoms with van der Waals surface area (Å²) in [6.45, 7) is 1.56. The second-order valence-corrected chi connectivity index (χ2v) is 7.53. The van der Waals surface area contributed by atoms with E-state index in [1.165, 1.54) is 19.3 Å². The lowest BCUT2D eigenvalue weighted by Crippen LogP contribution is -2.38. The van der Waals surface area contributed by atoms with Gasteiger partial charge in [-0.1, -0.05) is 12.5 Å². The van der Waals surface area contributed by atoms with Crippen LogP contribution in [0.2, 0.25) is 0 Å². The van der Waals surface area contributed by atoms with Gasteiger partial charge in [0.1, 0.15) is 12.2 Å². The highest BCUT2D eigenvalue weighted by atomic mass is 16.2. The van der Waals surface area contributed by atoms with E-state index in [2.05, 4.69) is 15.2 Å². The van der Waals surface area contributed by atoms with Crippen molar-refractivity contribution in [2.75, 3.05) is 13.1 Å². The lowest BCUT2D eigenvalue weighted by molar-refractivity contribution is 0.0723. The van der Waals surface area contributed by atoms with Crippen LogP contribution in [0, 0.1) is 5.41 Å². The Morgan fingerprint density at radius 1 is 1.32 bits per heavy atom. The fourth-order valence-electron chi connectivity index (χ4n) is 4.59. The molecule has 1 spiro atoms. The van der Waals surface area contributed by atoms with Crippen LogP contribution in [0.5, 0.6) is 0 Å². The maximum atomic E-state index is 13.1. The lowest BCUT2D eigenvalue weighted by Gasteiger charge is -2.42. The van der Waals surface area contributed by atoms with Crippen LogP contribution in [0.25, 0.3) is 10.9 Å². The van der Waals surface area contributed by atoms with Crippen molar-refractivity contribution in [1.29, 1.82) is 0 Å². The fourth-order valence-corrected chi connectivity index (χ4v) is 4.59. The molecule has 25 heavy (non-hydrogen) atoms. The number of carbonyl (C=O) groups excluding carboxylic acids is 1. The van der Waals surface area contributed by atoms with Crippen molar-refractivity contribution >= 4 is 16.8 Å². The molecule has 1 aromatic carbocycles. The summed E-state index contributed by atoms with van der Waals surface area (Å²) in [5.74, 6) is 1.41. The Morgan fingerprint density at radius 2 is 2.20 bits per heavy atom. The van der Waals surface area contributed by atoms with Crippen molar-refractivity contribution in [2.24, 2.45) is 12.5 Å². The smallest absolute Gasteiger partial charge is 0.253 e. The zero-order chi connectivity index (χ0) is 17.0. The molecule has 2 aromatic heterocycles. The number of aromatic nitrogens is 4. The van der Waals surface area contributed by atoms with Gasteiger partial charge < -0.3 is 14.5 Å². The van der Waals surface area contributed by atoms with Crippen LogP contribution in [0.4, 0.5) is 0 Å². The van der Waals surface area contributed by atoms with E-state index in [0.29, 0.717) is 0 Å². The van der Waals surface area contributed by atoms with Gasteiger partial charge in [0.05, 0.1) is 0 Å². The van der Waals surface area contributed by atoms with Gasteiger partial charge in [-0.05, 0) is 41.8 Å². The van der Waals surface area contributed by atoms with E-state index in [9.17, 15) is 4.79 Å². The van der Waals surface area contributed by atoms with E-state index in [1.807, 2.05) is 47.0 Å². The van der Waals surface area contributed by atoms with Crippen LogP contribution in [-0.4, -0.2) is 43.6 Å². The SMILES string of the molecule is Cn1cnnc1C1CN(C(=O)c2ccc3cc[nH]c3c2)CC12CCC2. The van der Waals surface area contributed by atoms with Gasteiger partial charge >= 0.3 is 0 Å². The topological polar surface area (TPSA) is 66.8 Å². The summed E-state index contributed by atoms with van der Waals surface area (Å²) in [4.78, 5) is 18.3. The number of amides is 1. The average molecular weight is 335 g/mol. The van der Waals surface area contributed by atoms with Crippen LogP contribution in [-0.2, 0) is 7.05 Å². The molecule has 3 heterocycles. The van der Waals surface area contributed by atoms with Crippen LogP contribution >= 0.6 is 0 Å². The number of aromatic amines is 1. The first-order valence-corrected chi connectivity index (χ1v) is 8.87. The number of benzene rings is 1. The van der Waals surface area contributed by atoms with E-state index >= 15 is 0 Å². The molecule has 1 atom stereocenters. The molecule has 0 radical (unpaired) electrons. The van der Waals surface area contributed by atoms with Crippen LogP contribution < -0.4 is 0 Å². The molecule has 1 aliphatic carbocycles. The molecule has 1 unspecified atom stereocenters. The summed E-state index contributed by atoms with van der Waals surface area (Å²) in [6.07, 6.45) is 7.24. The summed E-state index contributed by atoms with van der Waals surface area (Å²) in [7, 11) is 1.99. The van der Waals surface area contributed by atoms with Crippen molar-refractivity contribution < 1.29 is 4.79 Å². The van der Waals surface area contributed by atoms with Crippen LogP contribution in [0.1, 0.15) is 41.4 Å². The van der Waals surface area contributed by atoms with E-state index in [4.69, 9.17) is 0 Å². The number of H-pyrrole nitrogens is 1. The van der Waals surface area contributed by atoms with E-state index in [0.717, 1.165) is 35.4 Å². The third-order valence-electron chi connectivity index (χ3n) is 6.14. The molecule has 2 aliphatic rings. The number of carbonyl (C=O) groups is 1. The number of hydrogen-bond donors (Lipinski definition) is 1. The number of aryl methyl sites for hydroxylation is 1. The highest BCUT2D eigenvalue weighted by molar-refractivity contribution is 5.98. The predicted molar refractivity (Wildman–Crippen MR) is 94.2 cm³/mol. The van der Waals surface area contributed by atoms with Crippen LogP contribution in [0.3, 0.4) is 0 Å². The molecule has 1 aliphatic heterocycles. The van der Waals surface area contributed by atoms with Gasteiger partial charge in [-0.25, -0.2) is 0 Å². The Bertz CT molecular complexity index is 952. The predicted octanol–water partition coefficient (Wildman–Crippen LogP) is 2.71. The van der Waals surface area contributed by atoms with E-state index < -0.39 is 0 Å². The first-order valence-electron chi connectivity index (χ1n) is 8.87. The van der Waals surface area contributed by atoms with Gasteiger partial charge in [-0.15, -0.1) is 10.2 Å². The van der Waals surface area contributed by atoms with Gasteiger partial charge in [0.2, 0.25) is 0 Å². The number of rotatable bonds is 2. The van der Waals surface area contributed by atoms with Crippen molar-refractivity contribution in [2.45, 2.75) is 25.2 Å². The Morgan fingerprint density at radius 3 is 2.92 bits per heavy atom. The Hall–Kier alpha value is -2.63. The molecular formula is C19H21N5O. The zero-order valence-corrected chi connectivity index (χ0v) is 14.3. The summed E-state index contributed by atoms with van der Waals surface area (Å²) in [6, 6.07) is 7.92. The van der Waals surface area contributed by atoms with Crippen molar-refractivity contribution in [3.8, 4) is 0 Å². The van der Waals surface area contributed by atoms with E-state index in [-0.39, 0.29) is 17.2 Å². The first kappa shape index (κ1) is 14.7. The zero-order valence-electron chi connectivity index (χ0n) is 14.3. The van der Waals surface area contributed by atoms with Gasteiger partial charge in [-0.3, -0.25) is 4.79 Å². The Kier molecular flexibility index (Phi) is 3.04. The molecule has 128 valence electrons. The third-order valence-corrected chi connectivity index (χ3v) is 6.14. The molecule has 1 N–H and O–H groups in total. The van der Waals surface area contributed by atoms with Crippen molar-refractivity contribution in [3.63, 3.8) is 0 Å². The number of hydrogen-bond acceptors (Lipinski definition) is 3. The number of nitrogens with zero attached hydrogens (tertiary/aromatic N) is 4. The summed E-state index contributed by atoms with van der Waals surface area (Å²) in [5.41, 5.74) is 1.95. The minimum atomic E-state index is 0.118. The fraction of sp³-hybridized carbons (Fsp3) is 0.421.